The van der Waals surface area contributed by atoms with Gasteiger partial charge < -0.3 is 10.6 Å². The van der Waals surface area contributed by atoms with Crippen LogP contribution in [0, 0.1) is 5.92 Å². The lowest BCUT2D eigenvalue weighted by Gasteiger charge is -2.27. The average Bonchev–Trinajstić information content (AvgIpc) is 2.99. The molecule has 0 radical (unpaired) electrons. The summed E-state index contributed by atoms with van der Waals surface area (Å²) in [6, 6.07) is 0.462. The summed E-state index contributed by atoms with van der Waals surface area (Å²) in [6.45, 7) is 5.46. The second-order valence-electron chi connectivity index (χ2n) is 4.49. The molecule has 2 rings (SSSR count). The van der Waals surface area contributed by atoms with E-state index >= 15 is 0 Å². The van der Waals surface area contributed by atoms with E-state index in [2.05, 4.69) is 28.7 Å². The molecular weight excluding hydrogens is 188 g/mol. The van der Waals surface area contributed by atoms with Crippen LogP contribution in [0.5, 0.6) is 0 Å². The van der Waals surface area contributed by atoms with E-state index in [1.165, 1.54) is 12.8 Å². The van der Waals surface area contributed by atoms with E-state index in [1.54, 1.807) is 12.4 Å². The van der Waals surface area contributed by atoms with Crippen molar-refractivity contribution in [1.29, 1.82) is 0 Å². The molecule has 1 aromatic heterocycles. The summed E-state index contributed by atoms with van der Waals surface area (Å²) in [5, 5.41) is 0. The third-order valence-corrected chi connectivity index (χ3v) is 2.73. The summed E-state index contributed by atoms with van der Waals surface area (Å²) < 4.78 is 0. The summed E-state index contributed by atoms with van der Waals surface area (Å²) in [4.78, 5) is 10.7. The molecule has 82 valence electrons. The van der Waals surface area contributed by atoms with Crippen LogP contribution >= 0.6 is 0 Å². The quantitative estimate of drug-likeness (QED) is 0.814. The van der Waals surface area contributed by atoms with Crippen LogP contribution in [-0.4, -0.2) is 22.6 Å². The molecule has 0 aromatic carbocycles. The fourth-order valence-corrected chi connectivity index (χ4v) is 1.63. The maximum atomic E-state index is 5.52. The second kappa shape index (κ2) is 4.04. The highest BCUT2D eigenvalue weighted by Gasteiger charge is 2.26. The van der Waals surface area contributed by atoms with Gasteiger partial charge >= 0.3 is 0 Å². The Morgan fingerprint density at radius 2 is 2.13 bits per heavy atom. The van der Waals surface area contributed by atoms with Gasteiger partial charge in [-0.25, -0.2) is 9.97 Å². The Bertz CT molecular complexity index is 316. The average molecular weight is 206 g/mol. The smallest absolute Gasteiger partial charge is 0.147 e. The minimum Gasteiger partial charge on any atom is -0.382 e. The minimum absolute atomic E-state index is 0.462. The van der Waals surface area contributed by atoms with Crippen LogP contribution in [0.25, 0.3) is 0 Å². The van der Waals surface area contributed by atoms with E-state index in [4.69, 9.17) is 5.73 Å². The van der Waals surface area contributed by atoms with Gasteiger partial charge in [0, 0.05) is 12.6 Å². The lowest BCUT2D eigenvalue weighted by Crippen LogP contribution is -2.33. The first kappa shape index (κ1) is 10.2. The summed E-state index contributed by atoms with van der Waals surface area (Å²) in [6.07, 6.45) is 6.09. The molecule has 1 saturated carbocycles. The molecule has 1 fully saturated rings. The summed E-state index contributed by atoms with van der Waals surface area (Å²) in [5.41, 5.74) is 5.52. The normalized spacial score (nSPS) is 15.7. The lowest BCUT2D eigenvalue weighted by atomic mass is 10.3. The maximum absolute atomic E-state index is 5.52. The number of nitrogens with zero attached hydrogens (tertiary/aromatic N) is 3. The zero-order valence-corrected chi connectivity index (χ0v) is 9.35. The van der Waals surface area contributed by atoms with Crippen molar-refractivity contribution >= 4 is 11.6 Å². The van der Waals surface area contributed by atoms with Crippen LogP contribution in [-0.2, 0) is 0 Å². The molecule has 0 atom stereocenters. The zero-order valence-electron chi connectivity index (χ0n) is 9.35. The van der Waals surface area contributed by atoms with Crippen molar-refractivity contribution < 1.29 is 0 Å². The molecule has 0 saturated heterocycles. The monoisotopic (exact) mass is 206 g/mol. The molecule has 0 bridgehead atoms. The molecule has 1 aliphatic carbocycles. The molecule has 1 aliphatic rings. The summed E-state index contributed by atoms with van der Waals surface area (Å²) in [7, 11) is 0. The van der Waals surface area contributed by atoms with Gasteiger partial charge in [0.15, 0.2) is 0 Å². The van der Waals surface area contributed by atoms with Gasteiger partial charge in [-0.1, -0.05) is 0 Å². The number of aromatic nitrogens is 2. The van der Waals surface area contributed by atoms with E-state index < -0.39 is 0 Å². The number of anilines is 2. The van der Waals surface area contributed by atoms with Crippen molar-refractivity contribution in [3.05, 3.63) is 12.4 Å². The van der Waals surface area contributed by atoms with Crippen LogP contribution in [0.4, 0.5) is 11.6 Å². The second-order valence-corrected chi connectivity index (χ2v) is 4.49. The van der Waals surface area contributed by atoms with Gasteiger partial charge in [-0.05, 0) is 32.6 Å². The number of nitrogens with two attached hydrogens (primary N) is 1. The number of nitrogen functional groups attached to an aromatic ring is 1. The Morgan fingerprint density at radius 1 is 1.40 bits per heavy atom. The molecule has 0 aliphatic heterocycles. The van der Waals surface area contributed by atoms with Gasteiger partial charge in [-0.3, -0.25) is 0 Å². The van der Waals surface area contributed by atoms with E-state index in [0.29, 0.717) is 11.9 Å². The Hall–Kier alpha value is -1.32. The first-order valence-corrected chi connectivity index (χ1v) is 5.51. The van der Waals surface area contributed by atoms with E-state index in [-0.39, 0.29) is 0 Å². The predicted molar refractivity (Wildman–Crippen MR) is 61.7 cm³/mol. The molecule has 0 unspecified atom stereocenters. The SMILES string of the molecule is CC(C)N(CC1CC1)c1cnc(N)cn1. The molecule has 4 heteroatoms. The highest BCUT2D eigenvalue weighted by molar-refractivity contribution is 5.40. The Balaban J connectivity index is 2.11. The standard InChI is InChI=1S/C11H18N4/c1-8(2)15(7-9-3-4-9)11-6-13-10(12)5-14-11/h5-6,8-9H,3-4,7H2,1-2H3,(H2,12,13). The highest BCUT2D eigenvalue weighted by Crippen LogP contribution is 2.31. The van der Waals surface area contributed by atoms with Crippen LogP contribution in [0.1, 0.15) is 26.7 Å². The van der Waals surface area contributed by atoms with Gasteiger partial charge in [0.1, 0.15) is 11.6 Å². The van der Waals surface area contributed by atoms with Crippen LogP contribution in [0.2, 0.25) is 0 Å². The predicted octanol–water partition coefficient (Wildman–Crippen LogP) is 1.68. The number of hydrogen-bond acceptors (Lipinski definition) is 4. The minimum atomic E-state index is 0.462. The van der Waals surface area contributed by atoms with Crippen molar-refractivity contribution in [2.75, 3.05) is 17.2 Å². The first-order chi connectivity index (χ1) is 7.16. The maximum Gasteiger partial charge on any atom is 0.147 e. The van der Waals surface area contributed by atoms with Gasteiger partial charge in [0.2, 0.25) is 0 Å². The van der Waals surface area contributed by atoms with Crippen molar-refractivity contribution in [2.45, 2.75) is 32.7 Å². The van der Waals surface area contributed by atoms with Crippen LogP contribution in [0.15, 0.2) is 12.4 Å². The van der Waals surface area contributed by atoms with Crippen LogP contribution < -0.4 is 10.6 Å². The van der Waals surface area contributed by atoms with Crippen molar-refractivity contribution in [1.82, 2.24) is 9.97 Å². The van der Waals surface area contributed by atoms with Gasteiger partial charge in [-0.2, -0.15) is 0 Å². The topological polar surface area (TPSA) is 55.0 Å². The molecule has 1 heterocycles. The molecule has 2 N–H and O–H groups in total. The fraction of sp³-hybridized carbons (Fsp3) is 0.636. The number of rotatable bonds is 4. The van der Waals surface area contributed by atoms with Crippen LogP contribution in [0.3, 0.4) is 0 Å². The third kappa shape index (κ3) is 2.58. The van der Waals surface area contributed by atoms with Crippen molar-refractivity contribution in [3.8, 4) is 0 Å². The molecule has 15 heavy (non-hydrogen) atoms. The van der Waals surface area contributed by atoms with Gasteiger partial charge in [-0.15, -0.1) is 0 Å². The Kier molecular flexibility index (Phi) is 2.75. The van der Waals surface area contributed by atoms with E-state index in [0.717, 1.165) is 18.3 Å². The van der Waals surface area contributed by atoms with E-state index in [9.17, 15) is 0 Å². The third-order valence-electron chi connectivity index (χ3n) is 2.73. The Morgan fingerprint density at radius 3 is 2.60 bits per heavy atom. The van der Waals surface area contributed by atoms with E-state index in [1.807, 2.05) is 0 Å². The highest BCUT2D eigenvalue weighted by atomic mass is 15.2. The molecular formula is C11H18N4. The Labute approximate surface area is 90.5 Å². The first-order valence-electron chi connectivity index (χ1n) is 5.51. The van der Waals surface area contributed by atoms with Crippen molar-refractivity contribution in [2.24, 2.45) is 5.92 Å². The lowest BCUT2D eigenvalue weighted by molar-refractivity contribution is 0.635. The molecule has 0 amide bonds. The van der Waals surface area contributed by atoms with Gasteiger partial charge in [0.05, 0.1) is 12.4 Å². The molecule has 4 nitrogen and oxygen atoms in total. The summed E-state index contributed by atoms with van der Waals surface area (Å²) >= 11 is 0. The summed E-state index contributed by atoms with van der Waals surface area (Å²) in [5.74, 6) is 2.27. The van der Waals surface area contributed by atoms with Gasteiger partial charge in [0.25, 0.3) is 0 Å². The van der Waals surface area contributed by atoms with Crippen molar-refractivity contribution in [3.63, 3.8) is 0 Å². The largest absolute Gasteiger partial charge is 0.382 e. The molecule has 1 aromatic rings. The molecule has 0 spiro atoms. The fourth-order valence-electron chi connectivity index (χ4n) is 1.63. The zero-order chi connectivity index (χ0) is 10.8. The number of hydrogen-bond donors (Lipinski definition) is 1.